The van der Waals surface area contributed by atoms with E-state index in [0.717, 1.165) is 43.2 Å². The molecule has 1 aliphatic rings. The van der Waals surface area contributed by atoms with Gasteiger partial charge in [-0.2, -0.15) is 0 Å². The van der Waals surface area contributed by atoms with Gasteiger partial charge in [-0.3, -0.25) is 14.6 Å². The summed E-state index contributed by atoms with van der Waals surface area (Å²) < 4.78 is 6.06. The molecule has 0 aromatic heterocycles. The van der Waals surface area contributed by atoms with E-state index in [2.05, 4.69) is 20.5 Å². The number of guanidine groups is 1. The summed E-state index contributed by atoms with van der Waals surface area (Å²) in [4.78, 5) is 29.4. The van der Waals surface area contributed by atoms with E-state index in [1.165, 1.54) is 0 Å². The Morgan fingerprint density at radius 3 is 2.31 bits per heavy atom. The maximum absolute atomic E-state index is 12.0. The largest absolute Gasteiger partial charge is 0.490 e. The summed E-state index contributed by atoms with van der Waals surface area (Å²) in [5.74, 6) is 0.863. The summed E-state index contributed by atoms with van der Waals surface area (Å²) in [7, 11) is 1.78. The molecule has 0 atom stereocenters. The zero-order valence-corrected chi connectivity index (χ0v) is 20.5. The van der Waals surface area contributed by atoms with Crippen LogP contribution in [0.4, 0.5) is 0 Å². The number of aliphatic imine (C=N–C) groups is 1. The lowest BCUT2D eigenvalue weighted by atomic mass is 10.1. The quantitative estimate of drug-likeness (QED) is 0.278. The van der Waals surface area contributed by atoms with Crippen LogP contribution in [0.1, 0.15) is 28.8 Å². The van der Waals surface area contributed by atoms with Crippen LogP contribution in [0.2, 0.25) is 0 Å². The Hall–Kier alpha value is -2.82. The fourth-order valence-corrected chi connectivity index (χ4v) is 3.43. The lowest BCUT2D eigenvalue weighted by molar-refractivity contribution is -0.117. The number of piperidine rings is 1. The van der Waals surface area contributed by atoms with Gasteiger partial charge in [-0.05, 0) is 29.8 Å². The van der Waals surface area contributed by atoms with Crippen LogP contribution in [0.3, 0.4) is 0 Å². The topological polar surface area (TPSA) is 109 Å². The molecule has 2 aromatic rings. The first-order valence-electron chi connectivity index (χ1n) is 10.4. The Morgan fingerprint density at radius 2 is 1.72 bits per heavy atom. The van der Waals surface area contributed by atoms with Crippen LogP contribution in [0.5, 0.6) is 5.75 Å². The molecule has 32 heavy (non-hydrogen) atoms. The zero-order valence-electron chi connectivity index (χ0n) is 18.1. The number of ether oxygens (including phenoxy) is 1. The average molecular weight is 551 g/mol. The molecule has 0 saturated carbocycles. The van der Waals surface area contributed by atoms with Gasteiger partial charge in [-0.1, -0.05) is 30.3 Å². The van der Waals surface area contributed by atoms with E-state index >= 15 is 0 Å². The number of rotatable bonds is 7. The van der Waals surface area contributed by atoms with Gasteiger partial charge in [-0.25, -0.2) is 0 Å². The molecule has 1 fully saturated rings. The fraction of sp³-hybridized carbons (Fsp3) is 0.348. The minimum atomic E-state index is -0.573. The Labute approximate surface area is 205 Å². The van der Waals surface area contributed by atoms with E-state index < -0.39 is 5.91 Å². The normalized spacial score (nSPS) is 14.3. The molecular formula is C23H30IN5O3. The van der Waals surface area contributed by atoms with Crippen molar-refractivity contribution in [3.05, 3.63) is 65.7 Å². The molecule has 172 valence electrons. The molecule has 2 amide bonds. The van der Waals surface area contributed by atoms with E-state index in [9.17, 15) is 9.59 Å². The lowest BCUT2D eigenvalue weighted by Gasteiger charge is -2.34. The van der Waals surface area contributed by atoms with Gasteiger partial charge in [0.2, 0.25) is 5.91 Å². The predicted molar refractivity (Wildman–Crippen MR) is 135 cm³/mol. The van der Waals surface area contributed by atoms with Crippen LogP contribution in [0.25, 0.3) is 0 Å². The number of primary amides is 1. The number of nitrogens with one attached hydrogen (secondary N) is 2. The highest BCUT2D eigenvalue weighted by molar-refractivity contribution is 14.0. The molecule has 1 aliphatic heterocycles. The molecule has 0 unspecified atom stereocenters. The number of para-hydroxylation sites is 1. The SMILES string of the molecule is CN=C(NCc1ccc(C(=O)NCC(N)=O)cc1)N1CCC(Oc2ccccc2)CC1.I. The van der Waals surface area contributed by atoms with E-state index in [1.807, 2.05) is 42.5 Å². The first kappa shape index (κ1) is 25.4. The maximum atomic E-state index is 12.0. The van der Waals surface area contributed by atoms with Crippen LogP contribution < -0.4 is 21.1 Å². The van der Waals surface area contributed by atoms with Crippen molar-refractivity contribution in [1.29, 1.82) is 0 Å². The second-order valence-electron chi connectivity index (χ2n) is 7.36. The monoisotopic (exact) mass is 551 g/mol. The molecule has 8 nitrogen and oxygen atoms in total. The fourth-order valence-electron chi connectivity index (χ4n) is 3.43. The smallest absolute Gasteiger partial charge is 0.251 e. The molecule has 1 saturated heterocycles. The number of likely N-dealkylation sites (tertiary alicyclic amines) is 1. The van der Waals surface area contributed by atoms with Gasteiger partial charge in [-0.15, -0.1) is 24.0 Å². The molecular weight excluding hydrogens is 521 g/mol. The molecule has 4 N–H and O–H groups in total. The minimum absolute atomic E-state index is 0. The first-order chi connectivity index (χ1) is 15.0. The Balaban J connectivity index is 0.00000363. The third kappa shape index (κ3) is 7.70. The molecule has 0 spiro atoms. The van der Waals surface area contributed by atoms with Gasteiger partial charge in [0, 0.05) is 45.1 Å². The summed E-state index contributed by atoms with van der Waals surface area (Å²) in [5, 5.41) is 5.86. The van der Waals surface area contributed by atoms with E-state index in [4.69, 9.17) is 10.5 Å². The highest BCUT2D eigenvalue weighted by atomic mass is 127. The first-order valence-corrected chi connectivity index (χ1v) is 10.4. The van der Waals surface area contributed by atoms with E-state index in [1.54, 1.807) is 19.2 Å². The Kier molecular flexibility index (Phi) is 10.3. The van der Waals surface area contributed by atoms with Gasteiger partial charge in [0.05, 0.1) is 6.54 Å². The second kappa shape index (κ2) is 12.9. The number of carbonyl (C=O) groups excluding carboxylic acids is 2. The number of benzene rings is 2. The maximum Gasteiger partial charge on any atom is 0.251 e. The minimum Gasteiger partial charge on any atom is -0.490 e. The summed E-state index contributed by atoms with van der Waals surface area (Å²) >= 11 is 0. The number of hydrogen-bond donors (Lipinski definition) is 3. The van der Waals surface area contributed by atoms with Crippen LogP contribution in [-0.2, 0) is 11.3 Å². The van der Waals surface area contributed by atoms with Crippen molar-refractivity contribution in [1.82, 2.24) is 15.5 Å². The number of nitrogens with two attached hydrogens (primary N) is 1. The van der Waals surface area contributed by atoms with Crippen molar-refractivity contribution < 1.29 is 14.3 Å². The zero-order chi connectivity index (χ0) is 22.1. The molecule has 2 aromatic carbocycles. The highest BCUT2D eigenvalue weighted by Crippen LogP contribution is 2.18. The molecule has 3 rings (SSSR count). The number of halogens is 1. The van der Waals surface area contributed by atoms with Gasteiger partial charge >= 0.3 is 0 Å². The summed E-state index contributed by atoms with van der Waals surface area (Å²) in [6, 6.07) is 17.1. The average Bonchev–Trinajstić information content (AvgIpc) is 2.80. The standard InChI is InChI=1S/C23H29N5O3.HI/c1-25-23(28-13-11-20(12-14-28)31-19-5-3-2-4-6-19)27-15-17-7-9-18(10-8-17)22(30)26-16-21(24)29;/h2-10,20H,11-16H2,1H3,(H2,24,29)(H,25,27)(H,26,30);1H. The van der Waals surface area contributed by atoms with Gasteiger partial charge in [0.1, 0.15) is 11.9 Å². The van der Waals surface area contributed by atoms with Crippen LogP contribution in [0, 0.1) is 0 Å². The number of hydrogen-bond acceptors (Lipinski definition) is 4. The molecule has 0 radical (unpaired) electrons. The summed E-state index contributed by atoms with van der Waals surface area (Å²) in [5.41, 5.74) is 6.55. The van der Waals surface area contributed by atoms with Crippen molar-refractivity contribution in [2.75, 3.05) is 26.7 Å². The van der Waals surface area contributed by atoms with Crippen LogP contribution in [0.15, 0.2) is 59.6 Å². The Morgan fingerprint density at radius 1 is 1.06 bits per heavy atom. The number of carbonyl (C=O) groups is 2. The highest BCUT2D eigenvalue weighted by Gasteiger charge is 2.22. The van der Waals surface area contributed by atoms with Crippen molar-refractivity contribution in [2.24, 2.45) is 10.7 Å². The van der Waals surface area contributed by atoms with Crippen LogP contribution >= 0.6 is 24.0 Å². The van der Waals surface area contributed by atoms with Crippen molar-refractivity contribution in [3.8, 4) is 5.75 Å². The molecule has 9 heteroatoms. The third-order valence-electron chi connectivity index (χ3n) is 5.09. The summed E-state index contributed by atoms with van der Waals surface area (Å²) in [6.07, 6.45) is 2.08. The molecule has 0 aliphatic carbocycles. The second-order valence-corrected chi connectivity index (χ2v) is 7.36. The van der Waals surface area contributed by atoms with E-state index in [0.29, 0.717) is 12.1 Å². The number of nitrogens with zero attached hydrogens (tertiary/aromatic N) is 2. The van der Waals surface area contributed by atoms with Crippen LogP contribution in [-0.4, -0.2) is 55.5 Å². The number of amides is 2. The lowest BCUT2D eigenvalue weighted by Crippen LogP contribution is -2.47. The predicted octanol–water partition coefficient (Wildman–Crippen LogP) is 2.14. The van der Waals surface area contributed by atoms with E-state index in [-0.39, 0.29) is 42.5 Å². The molecule has 0 bridgehead atoms. The Bertz CT molecular complexity index is 898. The molecule has 1 heterocycles. The van der Waals surface area contributed by atoms with Gasteiger partial charge < -0.3 is 26.0 Å². The van der Waals surface area contributed by atoms with Crippen molar-refractivity contribution >= 4 is 41.8 Å². The van der Waals surface area contributed by atoms with Crippen molar-refractivity contribution in [2.45, 2.75) is 25.5 Å². The van der Waals surface area contributed by atoms with Gasteiger partial charge in [0.15, 0.2) is 5.96 Å². The third-order valence-corrected chi connectivity index (χ3v) is 5.09. The van der Waals surface area contributed by atoms with Gasteiger partial charge in [0.25, 0.3) is 5.91 Å². The van der Waals surface area contributed by atoms with Crippen molar-refractivity contribution in [3.63, 3.8) is 0 Å². The summed E-state index contributed by atoms with van der Waals surface area (Å²) in [6.45, 7) is 2.16.